The third-order valence-electron chi connectivity index (χ3n) is 4.47. The van der Waals surface area contributed by atoms with Crippen molar-refractivity contribution in [3.05, 3.63) is 54.5 Å². The van der Waals surface area contributed by atoms with Crippen molar-refractivity contribution in [3.63, 3.8) is 0 Å². The molecule has 0 unspecified atom stereocenters. The predicted octanol–water partition coefficient (Wildman–Crippen LogP) is 1.93. The Labute approximate surface area is 173 Å². The van der Waals surface area contributed by atoms with Crippen molar-refractivity contribution in [2.45, 2.75) is 22.1 Å². The average molecular weight is 433 g/mol. The highest BCUT2D eigenvalue weighted by molar-refractivity contribution is 7.99. The van der Waals surface area contributed by atoms with Crippen LogP contribution in [-0.2, 0) is 14.8 Å². The maximum atomic E-state index is 12.7. The van der Waals surface area contributed by atoms with Gasteiger partial charge in [-0.2, -0.15) is 8.99 Å². The number of morpholine rings is 1. The molecule has 0 N–H and O–H groups in total. The van der Waals surface area contributed by atoms with Gasteiger partial charge in [-0.15, -0.1) is 5.10 Å². The zero-order valence-corrected chi connectivity index (χ0v) is 17.4. The third kappa shape index (κ3) is 4.32. The van der Waals surface area contributed by atoms with Gasteiger partial charge in [0.1, 0.15) is 4.90 Å². The van der Waals surface area contributed by atoms with Gasteiger partial charge >= 0.3 is 0 Å². The lowest BCUT2D eigenvalue weighted by atomic mass is 10.3. The van der Waals surface area contributed by atoms with Gasteiger partial charge in [-0.05, 0) is 41.6 Å². The van der Waals surface area contributed by atoms with Crippen LogP contribution in [0, 0.1) is 0 Å². The van der Waals surface area contributed by atoms with Crippen molar-refractivity contribution in [1.82, 2.24) is 29.5 Å². The van der Waals surface area contributed by atoms with E-state index in [1.165, 1.54) is 22.3 Å². The molecule has 1 atom stereocenters. The zero-order chi connectivity index (χ0) is 20.3. The smallest absolute Gasteiger partial charge is 0.244 e. The normalized spacial score (nSPS) is 16.6. The Balaban J connectivity index is 1.49. The van der Waals surface area contributed by atoms with Gasteiger partial charge in [0, 0.05) is 19.3 Å². The number of rotatable bonds is 6. The Bertz CT molecular complexity index is 1050. The number of hydrogen-bond donors (Lipinski definition) is 0. The molecule has 1 aliphatic rings. The van der Waals surface area contributed by atoms with Gasteiger partial charge in [0.15, 0.2) is 5.82 Å². The molecule has 2 aromatic heterocycles. The van der Waals surface area contributed by atoms with Gasteiger partial charge in [-0.1, -0.05) is 30.0 Å². The molecule has 0 bridgehead atoms. The summed E-state index contributed by atoms with van der Waals surface area (Å²) in [5.41, 5.74) is 0.875. The van der Waals surface area contributed by atoms with Crippen LogP contribution in [0.4, 0.5) is 0 Å². The molecule has 3 aromatic rings. The topological polar surface area (TPSA) is 103 Å². The number of pyridine rings is 1. The lowest BCUT2D eigenvalue weighted by molar-refractivity contribution is 0.0730. The van der Waals surface area contributed by atoms with E-state index in [0.717, 1.165) is 5.69 Å². The van der Waals surface area contributed by atoms with Gasteiger partial charge in [0.2, 0.25) is 10.0 Å². The second-order valence-electron chi connectivity index (χ2n) is 6.39. The fourth-order valence-electron chi connectivity index (χ4n) is 2.96. The highest BCUT2D eigenvalue weighted by atomic mass is 32.2. The molecule has 0 saturated carbocycles. The first-order valence-electron chi connectivity index (χ1n) is 9.10. The number of hydrogen-bond acceptors (Lipinski definition) is 8. The van der Waals surface area contributed by atoms with E-state index >= 15 is 0 Å². The Morgan fingerprint density at radius 1 is 1.10 bits per heavy atom. The summed E-state index contributed by atoms with van der Waals surface area (Å²) in [7, 11) is -3.55. The lowest BCUT2D eigenvalue weighted by Crippen LogP contribution is -2.40. The molecule has 4 rings (SSSR count). The summed E-state index contributed by atoms with van der Waals surface area (Å²) in [6.45, 7) is 3.52. The fraction of sp³-hybridized carbons (Fsp3) is 0.333. The second kappa shape index (κ2) is 8.57. The van der Waals surface area contributed by atoms with Crippen LogP contribution in [0.2, 0.25) is 0 Å². The molecule has 1 saturated heterocycles. The van der Waals surface area contributed by atoms with Crippen LogP contribution in [0.5, 0.6) is 0 Å². The molecule has 0 spiro atoms. The first-order chi connectivity index (χ1) is 14.1. The number of nitrogens with zero attached hydrogens (tertiary/aromatic N) is 6. The summed E-state index contributed by atoms with van der Waals surface area (Å²) in [5, 5.41) is 12.6. The summed E-state index contributed by atoms with van der Waals surface area (Å²) in [5.74, 6) is 0.688. The molecular weight excluding hydrogens is 412 g/mol. The molecule has 0 radical (unpaired) electrons. The molecule has 11 heteroatoms. The van der Waals surface area contributed by atoms with Gasteiger partial charge in [0.25, 0.3) is 0 Å². The molecule has 1 fully saturated rings. The first kappa shape index (κ1) is 20.0. The van der Waals surface area contributed by atoms with E-state index in [-0.39, 0.29) is 10.1 Å². The van der Waals surface area contributed by atoms with E-state index in [9.17, 15) is 8.42 Å². The number of para-hydroxylation sites is 1. The van der Waals surface area contributed by atoms with E-state index in [1.807, 2.05) is 37.3 Å². The van der Waals surface area contributed by atoms with Crippen molar-refractivity contribution in [1.29, 1.82) is 0 Å². The average Bonchev–Trinajstić information content (AvgIpc) is 3.26. The van der Waals surface area contributed by atoms with Crippen LogP contribution >= 0.6 is 11.8 Å². The first-order valence-corrected chi connectivity index (χ1v) is 11.4. The minimum atomic E-state index is -3.55. The highest BCUT2D eigenvalue weighted by Crippen LogP contribution is 2.33. The summed E-state index contributed by atoms with van der Waals surface area (Å²) < 4.78 is 33.7. The van der Waals surface area contributed by atoms with E-state index in [4.69, 9.17) is 4.74 Å². The number of aromatic nitrogens is 5. The molecular formula is C18H20N6O3S2. The number of benzene rings is 1. The number of ether oxygens (including phenoxy) is 1. The highest BCUT2D eigenvalue weighted by Gasteiger charge is 2.26. The standard InChI is InChI=1S/C18H20N6O3S2/c1-14(18-20-21-22-24(18)15-5-3-2-4-6-15)28-17-8-7-16(13-19-17)29(25,26)23-9-11-27-12-10-23/h2-8,13-14H,9-12H2,1H3/t14-/m1/s1. The third-order valence-corrected chi connectivity index (χ3v) is 7.40. The lowest BCUT2D eigenvalue weighted by Gasteiger charge is -2.25. The molecule has 29 heavy (non-hydrogen) atoms. The largest absolute Gasteiger partial charge is 0.379 e. The number of sulfonamides is 1. The van der Waals surface area contributed by atoms with Gasteiger partial charge in [0.05, 0.1) is 29.2 Å². The summed E-state index contributed by atoms with van der Waals surface area (Å²) >= 11 is 1.46. The zero-order valence-electron chi connectivity index (χ0n) is 15.7. The number of thioether (sulfide) groups is 1. The fourth-order valence-corrected chi connectivity index (χ4v) is 5.19. The van der Waals surface area contributed by atoms with Gasteiger partial charge in [-0.25, -0.2) is 13.4 Å². The molecule has 0 amide bonds. The summed E-state index contributed by atoms with van der Waals surface area (Å²) in [6, 6.07) is 12.9. The Hall–Kier alpha value is -2.34. The van der Waals surface area contributed by atoms with Crippen LogP contribution < -0.4 is 0 Å². The van der Waals surface area contributed by atoms with Crippen molar-refractivity contribution in [3.8, 4) is 5.69 Å². The van der Waals surface area contributed by atoms with Gasteiger partial charge < -0.3 is 4.74 Å². The van der Waals surface area contributed by atoms with Crippen molar-refractivity contribution < 1.29 is 13.2 Å². The predicted molar refractivity (Wildman–Crippen MR) is 107 cm³/mol. The summed E-state index contributed by atoms with van der Waals surface area (Å²) in [6.07, 6.45) is 1.40. The van der Waals surface area contributed by atoms with Crippen LogP contribution in [0.3, 0.4) is 0 Å². The van der Waals surface area contributed by atoms with E-state index < -0.39 is 10.0 Å². The number of tetrazole rings is 1. The molecule has 1 aliphatic heterocycles. The van der Waals surface area contributed by atoms with E-state index in [0.29, 0.717) is 37.2 Å². The molecule has 1 aromatic carbocycles. The van der Waals surface area contributed by atoms with Crippen LogP contribution in [0.15, 0.2) is 58.6 Å². The molecule has 152 valence electrons. The minimum Gasteiger partial charge on any atom is -0.379 e. The van der Waals surface area contributed by atoms with E-state index in [2.05, 4.69) is 20.5 Å². The van der Waals surface area contributed by atoms with E-state index in [1.54, 1.807) is 16.8 Å². The molecule has 9 nitrogen and oxygen atoms in total. The van der Waals surface area contributed by atoms with Crippen molar-refractivity contribution >= 4 is 21.8 Å². The van der Waals surface area contributed by atoms with Crippen LogP contribution in [-0.4, -0.2) is 64.2 Å². The Morgan fingerprint density at radius 3 is 2.55 bits per heavy atom. The maximum Gasteiger partial charge on any atom is 0.244 e. The van der Waals surface area contributed by atoms with Crippen LogP contribution in [0.1, 0.15) is 18.0 Å². The monoisotopic (exact) mass is 432 g/mol. The quantitative estimate of drug-likeness (QED) is 0.545. The second-order valence-corrected chi connectivity index (χ2v) is 9.69. The minimum absolute atomic E-state index is 0.0839. The van der Waals surface area contributed by atoms with Crippen molar-refractivity contribution in [2.75, 3.05) is 26.3 Å². The summed E-state index contributed by atoms with van der Waals surface area (Å²) in [4.78, 5) is 4.53. The maximum absolute atomic E-state index is 12.7. The van der Waals surface area contributed by atoms with Gasteiger partial charge in [-0.3, -0.25) is 0 Å². The SMILES string of the molecule is C[C@@H](Sc1ccc(S(=O)(=O)N2CCOCC2)cn1)c1nnnn1-c1ccccc1. The van der Waals surface area contributed by atoms with Crippen molar-refractivity contribution in [2.24, 2.45) is 0 Å². The Kier molecular flexibility index (Phi) is 5.90. The molecule has 0 aliphatic carbocycles. The Morgan fingerprint density at radius 2 is 1.86 bits per heavy atom. The van der Waals surface area contributed by atoms with Crippen LogP contribution in [0.25, 0.3) is 5.69 Å². The molecule has 3 heterocycles.